The zero-order chi connectivity index (χ0) is 12.5. The predicted octanol–water partition coefficient (Wildman–Crippen LogP) is 1.14. The van der Waals surface area contributed by atoms with Crippen LogP contribution in [0.25, 0.3) is 0 Å². The number of aromatic nitrogens is 1. The van der Waals surface area contributed by atoms with Crippen LogP contribution in [-0.2, 0) is 9.53 Å². The Balaban J connectivity index is 2.01. The van der Waals surface area contributed by atoms with Crippen LogP contribution < -0.4 is 5.32 Å². The molecule has 6 nitrogen and oxygen atoms in total. The lowest BCUT2D eigenvalue weighted by molar-refractivity contribution is -0.140. The van der Waals surface area contributed by atoms with Crippen LogP contribution >= 0.6 is 0 Å². The first kappa shape index (κ1) is 13.2. The van der Waals surface area contributed by atoms with Crippen LogP contribution in [0, 0.1) is 0 Å². The van der Waals surface area contributed by atoms with Gasteiger partial charge in [0, 0.05) is 19.0 Å². The molecule has 0 fully saturated rings. The van der Waals surface area contributed by atoms with Gasteiger partial charge in [-0.2, -0.15) is 0 Å². The summed E-state index contributed by atoms with van der Waals surface area (Å²) in [5, 5.41) is 6.14. The molecule has 0 aromatic carbocycles. The lowest BCUT2D eigenvalue weighted by Crippen LogP contribution is -2.23. The van der Waals surface area contributed by atoms with Crippen molar-refractivity contribution in [3.8, 4) is 0 Å². The van der Waals surface area contributed by atoms with Crippen molar-refractivity contribution in [2.75, 3.05) is 13.7 Å². The van der Waals surface area contributed by atoms with Gasteiger partial charge in [0.2, 0.25) is 5.76 Å². The quantitative estimate of drug-likeness (QED) is 0.571. The molecule has 94 valence electrons. The minimum absolute atomic E-state index is 0.198. The normalized spacial score (nSPS) is 9.94. The van der Waals surface area contributed by atoms with E-state index in [-0.39, 0.29) is 17.6 Å². The summed E-state index contributed by atoms with van der Waals surface area (Å²) in [6, 6.07) is 1.51. The summed E-state index contributed by atoms with van der Waals surface area (Å²) in [5.74, 6) is -0.259. The van der Waals surface area contributed by atoms with Crippen molar-refractivity contribution in [3.05, 3.63) is 18.0 Å². The molecular weight excluding hydrogens is 224 g/mol. The van der Waals surface area contributed by atoms with Crippen molar-refractivity contribution < 1.29 is 18.8 Å². The van der Waals surface area contributed by atoms with E-state index in [1.807, 2.05) is 0 Å². The molecule has 0 saturated carbocycles. The molecule has 1 N–H and O–H groups in total. The number of methoxy groups -OCH3 is 1. The highest BCUT2D eigenvalue weighted by Gasteiger charge is 2.07. The van der Waals surface area contributed by atoms with Crippen molar-refractivity contribution in [1.29, 1.82) is 0 Å². The van der Waals surface area contributed by atoms with Crippen molar-refractivity contribution in [2.45, 2.75) is 25.7 Å². The van der Waals surface area contributed by atoms with Gasteiger partial charge in [-0.15, -0.1) is 0 Å². The molecule has 1 amide bonds. The highest BCUT2D eigenvalue weighted by Crippen LogP contribution is 2.01. The first-order valence-corrected chi connectivity index (χ1v) is 5.49. The van der Waals surface area contributed by atoms with Crippen LogP contribution in [0.2, 0.25) is 0 Å². The minimum atomic E-state index is -0.268. The van der Waals surface area contributed by atoms with Gasteiger partial charge in [0.25, 0.3) is 5.91 Å². The van der Waals surface area contributed by atoms with E-state index >= 15 is 0 Å². The number of esters is 1. The van der Waals surface area contributed by atoms with Crippen molar-refractivity contribution in [2.24, 2.45) is 0 Å². The summed E-state index contributed by atoms with van der Waals surface area (Å²) in [6.45, 7) is 0.556. The molecule has 0 unspecified atom stereocenters. The lowest BCUT2D eigenvalue weighted by Gasteiger charge is -2.02. The molecule has 1 aromatic heterocycles. The predicted molar refractivity (Wildman–Crippen MR) is 59.3 cm³/mol. The van der Waals surface area contributed by atoms with Crippen molar-refractivity contribution in [3.63, 3.8) is 0 Å². The Morgan fingerprint density at radius 1 is 1.41 bits per heavy atom. The maximum Gasteiger partial charge on any atom is 0.305 e. The Morgan fingerprint density at radius 2 is 2.24 bits per heavy atom. The minimum Gasteiger partial charge on any atom is -0.469 e. The van der Waals surface area contributed by atoms with Gasteiger partial charge in [-0.1, -0.05) is 11.6 Å². The zero-order valence-corrected chi connectivity index (χ0v) is 9.77. The molecule has 0 spiro atoms. The Kier molecular flexibility index (Phi) is 5.77. The number of amides is 1. The molecule has 17 heavy (non-hydrogen) atoms. The molecule has 1 aromatic rings. The van der Waals surface area contributed by atoms with E-state index in [1.54, 1.807) is 0 Å². The lowest BCUT2D eigenvalue weighted by atomic mass is 10.2. The number of hydrogen-bond donors (Lipinski definition) is 1. The summed E-state index contributed by atoms with van der Waals surface area (Å²) in [6.07, 6.45) is 4.30. The maximum atomic E-state index is 11.4. The summed E-state index contributed by atoms with van der Waals surface area (Å²) in [5.41, 5.74) is 0. The van der Waals surface area contributed by atoms with Crippen molar-refractivity contribution in [1.82, 2.24) is 10.5 Å². The molecule has 0 aliphatic carbocycles. The Hall–Kier alpha value is -1.85. The molecule has 1 rings (SSSR count). The van der Waals surface area contributed by atoms with E-state index in [0.717, 1.165) is 19.3 Å². The van der Waals surface area contributed by atoms with E-state index < -0.39 is 0 Å². The van der Waals surface area contributed by atoms with Crippen LogP contribution in [0.4, 0.5) is 0 Å². The Morgan fingerprint density at radius 3 is 2.88 bits per heavy atom. The SMILES string of the molecule is COC(=O)CCCCCNC(=O)c1ccno1. The first-order valence-electron chi connectivity index (χ1n) is 5.49. The largest absolute Gasteiger partial charge is 0.469 e. The number of carbonyl (C=O) groups excluding carboxylic acids is 2. The summed E-state index contributed by atoms with van der Waals surface area (Å²) >= 11 is 0. The van der Waals surface area contributed by atoms with Crippen LogP contribution in [0.15, 0.2) is 16.8 Å². The molecule has 0 aliphatic heterocycles. The molecule has 0 bridgehead atoms. The van der Waals surface area contributed by atoms with E-state index in [0.29, 0.717) is 13.0 Å². The van der Waals surface area contributed by atoms with Gasteiger partial charge in [-0.05, 0) is 12.8 Å². The van der Waals surface area contributed by atoms with Gasteiger partial charge in [0.1, 0.15) is 0 Å². The molecule has 1 heterocycles. The van der Waals surface area contributed by atoms with Gasteiger partial charge in [0.05, 0.1) is 13.3 Å². The van der Waals surface area contributed by atoms with Crippen LogP contribution in [0.1, 0.15) is 36.2 Å². The topological polar surface area (TPSA) is 81.4 Å². The van der Waals surface area contributed by atoms with Crippen LogP contribution in [0.3, 0.4) is 0 Å². The number of rotatable bonds is 7. The zero-order valence-electron chi connectivity index (χ0n) is 9.77. The molecular formula is C11H16N2O4. The second-order valence-corrected chi connectivity index (χ2v) is 3.52. The standard InChI is InChI=1S/C11H16N2O4/c1-16-10(14)5-3-2-4-7-12-11(15)9-6-8-13-17-9/h6,8H,2-5,7H2,1H3,(H,12,15). The molecule has 6 heteroatoms. The van der Waals surface area contributed by atoms with Crippen LogP contribution in [0.5, 0.6) is 0 Å². The van der Waals surface area contributed by atoms with Gasteiger partial charge >= 0.3 is 5.97 Å². The fraction of sp³-hybridized carbons (Fsp3) is 0.545. The van der Waals surface area contributed by atoms with E-state index in [9.17, 15) is 9.59 Å². The Bertz CT molecular complexity index is 348. The second kappa shape index (κ2) is 7.43. The highest BCUT2D eigenvalue weighted by molar-refractivity contribution is 5.91. The second-order valence-electron chi connectivity index (χ2n) is 3.52. The summed E-state index contributed by atoms with van der Waals surface area (Å²) in [4.78, 5) is 22.2. The third-order valence-electron chi connectivity index (χ3n) is 2.23. The average Bonchev–Trinajstić information content (AvgIpc) is 2.86. The summed E-state index contributed by atoms with van der Waals surface area (Å²) < 4.78 is 9.21. The first-order chi connectivity index (χ1) is 8.24. The van der Waals surface area contributed by atoms with Gasteiger partial charge in [-0.3, -0.25) is 9.59 Å². The molecule has 0 atom stereocenters. The van der Waals surface area contributed by atoms with Gasteiger partial charge in [0.15, 0.2) is 0 Å². The third-order valence-corrected chi connectivity index (χ3v) is 2.23. The van der Waals surface area contributed by atoms with E-state index in [1.165, 1.54) is 19.4 Å². The van der Waals surface area contributed by atoms with Gasteiger partial charge in [-0.25, -0.2) is 0 Å². The number of unbranched alkanes of at least 4 members (excludes halogenated alkanes) is 2. The molecule has 0 saturated heterocycles. The molecule has 0 aliphatic rings. The average molecular weight is 240 g/mol. The fourth-order valence-corrected chi connectivity index (χ4v) is 1.30. The number of hydrogen-bond acceptors (Lipinski definition) is 5. The van der Waals surface area contributed by atoms with E-state index in [4.69, 9.17) is 4.52 Å². The fourth-order valence-electron chi connectivity index (χ4n) is 1.30. The number of carbonyl (C=O) groups is 2. The Labute approximate surface area is 99.3 Å². The summed E-state index contributed by atoms with van der Waals surface area (Å²) in [7, 11) is 1.37. The number of nitrogens with zero attached hydrogens (tertiary/aromatic N) is 1. The monoisotopic (exact) mass is 240 g/mol. The molecule has 0 radical (unpaired) electrons. The van der Waals surface area contributed by atoms with Gasteiger partial charge < -0.3 is 14.6 Å². The number of nitrogens with one attached hydrogen (secondary N) is 1. The maximum absolute atomic E-state index is 11.4. The van der Waals surface area contributed by atoms with Crippen molar-refractivity contribution >= 4 is 11.9 Å². The smallest absolute Gasteiger partial charge is 0.305 e. The third kappa shape index (κ3) is 5.14. The van der Waals surface area contributed by atoms with E-state index in [2.05, 4.69) is 15.2 Å². The van der Waals surface area contributed by atoms with Crippen LogP contribution in [-0.4, -0.2) is 30.7 Å². The number of ether oxygens (including phenoxy) is 1. The highest BCUT2D eigenvalue weighted by atomic mass is 16.5.